The van der Waals surface area contributed by atoms with E-state index in [4.69, 9.17) is 5.26 Å². The highest BCUT2D eigenvalue weighted by molar-refractivity contribution is 5.38. The molecule has 0 aliphatic carbocycles. The predicted octanol–water partition coefficient (Wildman–Crippen LogP) is 0.943. The normalized spacial score (nSPS) is 16.9. The quantitative estimate of drug-likeness (QED) is 0.516. The highest BCUT2D eigenvalue weighted by Crippen LogP contribution is 2.04. The molecule has 1 aliphatic rings. The summed E-state index contributed by atoms with van der Waals surface area (Å²) in [5.74, 6) is 0. The zero-order chi connectivity index (χ0) is 6.69. The van der Waals surface area contributed by atoms with Crippen LogP contribution in [0.15, 0.2) is 23.4 Å². The van der Waals surface area contributed by atoms with Gasteiger partial charge in [-0.2, -0.15) is 5.26 Å². The molecule has 0 saturated heterocycles. The van der Waals surface area contributed by atoms with Crippen molar-refractivity contribution in [1.82, 2.24) is 5.32 Å². The fourth-order valence-corrected chi connectivity index (χ4v) is 0.730. The van der Waals surface area contributed by atoms with E-state index in [1.807, 2.05) is 19.1 Å². The first kappa shape index (κ1) is 5.90. The van der Waals surface area contributed by atoms with Crippen LogP contribution in [0.25, 0.3) is 0 Å². The molecule has 0 fully saturated rings. The second-order valence-corrected chi connectivity index (χ2v) is 1.93. The molecule has 0 amide bonds. The average molecular weight is 120 g/mol. The van der Waals surface area contributed by atoms with Crippen LogP contribution in [0.2, 0.25) is 0 Å². The molecular formula is C7H8N2. The third-order valence-electron chi connectivity index (χ3n) is 1.29. The van der Waals surface area contributed by atoms with Crippen LogP contribution in [-0.4, -0.2) is 6.54 Å². The van der Waals surface area contributed by atoms with Crippen LogP contribution in [0.3, 0.4) is 0 Å². The van der Waals surface area contributed by atoms with E-state index >= 15 is 0 Å². The van der Waals surface area contributed by atoms with Crippen molar-refractivity contribution in [2.45, 2.75) is 6.92 Å². The van der Waals surface area contributed by atoms with Crippen LogP contribution in [0.5, 0.6) is 0 Å². The van der Waals surface area contributed by atoms with Crippen molar-refractivity contribution < 1.29 is 0 Å². The highest BCUT2D eigenvalue weighted by atomic mass is 14.9. The van der Waals surface area contributed by atoms with Gasteiger partial charge in [0, 0.05) is 12.2 Å². The van der Waals surface area contributed by atoms with Crippen molar-refractivity contribution in [2.24, 2.45) is 0 Å². The number of dihydropyridines is 1. The predicted molar refractivity (Wildman–Crippen MR) is 35.5 cm³/mol. The first-order valence-electron chi connectivity index (χ1n) is 2.86. The van der Waals surface area contributed by atoms with Gasteiger partial charge in [-0.25, -0.2) is 0 Å². The Morgan fingerprint density at radius 3 is 3.00 bits per heavy atom. The molecule has 0 saturated carbocycles. The lowest BCUT2D eigenvalue weighted by Crippen LogP contribution is -2.15. The molecule has 1 aliphatic heterocycles. The number of nitrogens with one attached hydrogen (secondary N) is 1. The van der Waals surface area contributed by atoms with Crippen molar-refractivity contribution in [3.63, 3.8) is 0 Å². The molecule has 2 nitrogen and oxygen atoms in total. The van der Waals surface area contributed by atoms with Gasteiger partial charge in [0.2, 0.25) is 0 Å². The second kappa shape index (κ2) is 2.36. The molecule has 9 heavy (non-hydrogen) atoms. The Labute approximate surface area is 54.5 Å². The van der Waals surface area contributed by atoms with Crippen LogP contribution >= 0.6 is 0 Å². The Morgan fingerprint density at radius 1 is 1.78 bits per heavy atom. The summed E-state index contributed by atoms with van der Waals surface area (Å²) in [4.78, 5) is 0. The summed E-state index contributed by atoms with van der Waals surface area (Å²) in [5.41, 5.74) is 1.71. The van der Waals surface area contributed by atoms with Gasteiger partial charge in [0.1, 0.15) is 6.07 Å². The number of rotatable bonds is 0. The Morgan fingerprint density at radius 2 is 2.56 bits per heavy atom. The van der Waals surface area contributed by atoms with Gasteiger partial charge in [-0.1, -0.05) is 6.08 Å². The molecule has 1 heterocycles. The van der Waals surface area contributed by atoms with E-state index < -0.39 is 0 Å². The van der Waals surface area contributed by atoms with Crippen molar-refractivity contribution in [3.05, 3.63) is 23.4 Å². The summed E-state index contributed by atoms with van der Waals surface area (Å²) in [5, 5.41) is 11.5. The van der Waals surface area contributed by atoms with E-state index in [-0.39, 0.29) is 0 Å². The molecule has 0 aromatic rings. The lowest BCUT2D eigenvalue weighted by atomic mass is 10.2. The summed E-state index contributed by atoms with van der Waals surface area (Å²) < 4.78 is 0. The number of nitriles is 1. The summed E-state index contributed by atoms with van der Waals surface area (Å²) >= 11 is 0. The molecule has 2 heteroatoms. The van der Waals surface area contributed by atoms with Crippen molar-refractivity contribution in [3.8, 4) is 6.07 Å². The molecule has 1 rings (SSSR count). The van der Waals surface area contributed by atoms with Crippen LogP contribution in [0.4, 0.5) is 0 Å². The number of allylic oxidation sites excluding steroid dienone is 3. The van der Waals surface area contributed by atoms with E-state index in [0.717, 1.165) is 17.8 Å². The molecule has 0 aromatic carbocycles. The van der Waals surface area contributed by atoms with E-state index in [1.165, 1.54) is 0 Å². The van der Waals surface area contributed by atoms with Crippen LogP contribution < -0.4 is 5.32 Å². The van der Waals surface area contributed by atoms with E-state index in [2.05, 4.69) is 11.4 Å². The molecule has 0 spiro atoms. The topological polar surface area (TPSA) is 35.8 Å². The summed E-state index contributed by atoms with van der Waals surface area (Å²) in [6.45, 7) is 2.75. The fourth-order valence-electron chi connectivity index (χ4n) is 0.730. The molecule has 1 N–H and O–H groups in total. The summed E-state index contributed by atoms with van der Waals surface area (Å²) in [7, 11) is 0. The van der Waals surface area contributed by atoms with Gasteiger partial charge >= 0.3 is 0 Å². The Hall–Kier alpha value is -1.23. The number of hydrogen-bond donors (Lipinski definition) is 1. The average Bonchev–Trinajstić information content (AvgIpc) is 1.89. The molecule has 0 unspecified atom stereocenters. The van der Waals surface area contributed by atoms with Gasteiger partial charge in [-0.05, 0) is 13.0 Å². The monoisotopic (exact) mass is 120 g/mol. The zero-order valence-electron chi connectivity index (χ0n) is 5.31. The highest BCUT2D eigenvalue weighted by Gasteiger charge is 1.99. The first-order chi connectivity index (χ1) is 4.34. The van der Waals surface area contributed by atoms with E-state index in [0.29, 0.717) is 0 Å². The van der Waals surface area contributed by atoms with Gasteiger partial charge in [0.05, 0.1) is 5.57 Å². The molecule has 0 aromatic heterocycles. The maximum atomic E-state index is 8.46. The fraction of sp³-hybridized carbons (Fsp3) is 0.286. The Balaban J connectivity index is 2.88. The van der Waals surface area contributed by atoms with Crippen LogP contribution in [0, 0.1) is 11.3 Å². The minimum Gasteiger partial charge on any atom is -0.384 e. The van der Waals surface area contributed by atoms with E-state index in [1.54, 1.807) is 0 Å². The lowest BCUT2D eigenvalue weighted by Gasteiger charge is -2.08. The third kappa shape index (κ3) is 1.11. The number of nitrogens with zero attached hydrogens (tertiary/aromatic N) is 1. The Kier molecular flexibility index (Phi) is 1.55. The SMILES string of the molecule is CC1=C(C#N)C=CCN1. The van der Waals surface area contributed by atoms with Crippen molar-refractivity contribution >= 4 is 0 Å². The van der Waals surface area contributed by atoms with Gasteiger partial charge < -0.3 is 5.32 Å². The largest absolute Gasteiger partial charge is 0.384 e. The standard InChI is InChI=1S/C7H8N2/c1-6-7(5-8)3-2-4-9-6/h2-3,9H,4H2,1H3. The molecule has 46 valence electrons. The van der Waals surface area contributed by atoms with Crippen LogP contribution in [-0.2, 0) is 0 Å². The van der Waals surface area contributed by atoms with Crippen molar-refractivity contribution in [2.75, 3.05) is 6.54 Å². The van der Waals surface area contributed by atoms with Crippen LogP contribution in [0.1, 0.15) is 6.92 Å². The smallest absolute Gasteiger partial charge is 0.101 e. The summed E-state index contributed by atoms with van der Waals surface area (Å²) in [6, 6.07) is 2.08. The van der Waals surface area contributed by atoms with Gasteiger partial charge in [-0.3, -0.25) is 0 Å². The molecular weight excluding hydrogens is 112 g/mol. The maximum Gasteiger partial charge on any atom is 0.101 e. The molecule has 0 atom stereocenters. The minimum atomic E-state index is 0.737. The third-order valence-corrected chi connectivity index (χ3v) is 1.29. The van der Waals surface area contributed by atoms with E-state index in [9.17, 15) is 0 Å². The van der Waals surface area contributed by atoms with Gasteiger partial charge in [-0.15, -0.1) is 0 Å². The minimum absolute atomic E-state index is 0.737. The second-order valence-electron chi connectivity index (χ2n) is 1.93. The number of hydrogen-bond acceptors (Lipinski definition) is 2. The Bertz CT molecular complexity index is 205. The molecule has 0 bridgehead atoms. The van der Waals surface area contributed by atoms with Gasteiger partial charge in [0.25, 0.3) is 0 Å². The maximum absolute atomic E-state index is 8.46. The lowest BCUT2D eigenvalue weighted by molar-refractivity contribution is 0.881. The zero-order valence-corrected chi connectivity index (χ0v) is 5.31. The first-order valence-corrected chi connectivity index (χ1v) is 2.86. The van der Waals surface area contributed by atoms with Gasteiger partial charge in [0.15, 0.2) is 0 Å². The molecule has 0 radical (unpaired) electrons. The summed E-state index contributed by atoms with van der Waals surface area (Å²) in [6.07, 6.45) is 3.78. The van der Waals surface area contributed by atoms with Crippen molar-refractivity contribution in [1.29, 1.82) is 5.26 Å².